The largest absolute Gasteiger partial charge is 0.444 e. The van der Waals surface area contributed by atoms with E-state index in [1.54, 1.807) is 36.4 Å². The molecule has 0 saturated carbocycles. The van der Waals surface area contributed by atoms with Crippen LogP contribution in [-0.2, 0) is 25.7 Å². The van der Waals surface area contributed by atoms with Crippen molar-refractivity contribution in [1.29, 1.82) is 0 Å². The van der Waals surface area contributed by atoms with Gasteiger partial charge in [-0.05, 0) is 60.6 Å². The lowest BCUT2D eigenvalue weighted by Gasteiger charge is -2.32. The summed E-state index contributed by atoms with van der Waals surface area (Å²) in [6.07, 6.45) is -0.580. The second-order valence-corrected chi connectivity index (χ2v) is 11.2. The first kappa shape index (κ1) is 34.5. The molecule has 4 amide bonds. The summed E-state index contributed by atoms with van der Waals surface area (Å²) < 4.78 is 5.58. The van der Waals surface area contributed by atoms with Crippen LogP contribution >= 0.6 is 0 Å². The lowest BCUT2D eigenvalue weighted by Crippen LogP contribution is -2.58. The number of aliphatic imine (C=N–C) groups is 1. The molecule has 0 radical (unpaired) electrons. The van der Waals surface area contributed by atoms with E-state index in [1.165, 1.54) is 6.92 Å². The lowest BCUT2D eigenvalue weighted by molar-refractivity contribution is -0.141. The second-order valence-electron chi connectivity index (χ2n) is 11.2. The van der Waals surface area contributed by atoms with Crippen LogP contribution in [0.15, 0.2) is 77.8 Å². The first-order valence-electron chi connectivity index (χ1n) is 14.9. The number of hydrogen-bond acceptors (Lipinski definition) is 7. The second kappa shape index (κ2) is 16.8. The van der Waals surface area contributed by atoms with Crippen molar-refractivity contribution in [3.8, 4) is 0 Å². The predicted molar refractivity (Wildman–Crippen MR) is 175 cm³/mol. The van der Waals surface area contributed by atoms with E-state index in [-0.39, 0.29) is 44.3 Å². The molecular formula is C33H43N7O5. The molecule has 8 N–H and O–H groups in total. The maximum atomic E-state index is 14.2. The third-order valence-corrected chi connectivity index (χ3v) is 6.94. The lowest BCUT2D eigenvalue weighted by atomic mass is 10.00. The Bertz CT molecular complexity index is 1490. The van der Waals surface area contributed by atoms with Gasteiger partial charge in [-0.3, -0.25) is 19.4 Å². The van der Waals surface area contributed by atoms with Gasteiger partial charge in [0.1, 0.15) is 18.7 Å². The first-order valence-corrected chi connectivity index (χ1v) is 14.9. The molecule has 0 aromatic heterocycles. The van der Waals surface area contributed by atoms with Gasteiger partial charge in [0.2, 0.25) is 11.8 Å². The molecular weight excluding hydrogens is 574 g/mol. The molecule has 0 saturated heterocycles. The number of nitrogens with one attached hydrogen (secondary N) is 2. The molecule has 45 heavy (non-hydrogen) atoms. The number of anilines is 1. The fourth-order valence-electron chi connectivity index (χ4n) is 4.69. The van der Waals surface area contributed by atoms with Crippen molar-refractivity contribution in [2.75, 3.05) is 11.9 Å². The van der Waals surface area contributed by atoms with Crippen LogP contribution in [0.5, 0.6) is 0 Å². The zero-order valence-electron chi connectivity index (χ0n) is 25.9. The number of benzene rings is 3. The van der Waals surface area contributed by atoms with Crippen molar-refractivity contribution >= 4 is 46.2 Å². The number of ether oxygens (including phenoxy) is 1. The zero-order valence-corrected chi connectivity index (χ0v) is 25.9. The number of carbonyl (C=O) groups excluding carboxylic acids is 4. The Morgan fingerprint density at radius 3 is 2.20 bits per heavy atom. The molecule has 0 spiro atoms. The van der Waals surface area contributed by atoms with Gasteiger partial charge in [0, 0.05) is 12.2 Å². The highest BCUT2D eigenvalue weighted by Gasteiger charge is 2.40. The smallest absolute Gasteiger partial charge is 0.417 e. The third kappa shape index (κ3) is 10.6. The number of nitrogens with two attached hydrogens (primary N) is 3. The van der Waals surface area contributed by atoms with Gasteiger partial charge in [-0.1, -0.05) is 74.5 Å². The van der Waals surface area contributed by atoms with Gasteiger partial charge in [0.25, 0.3) is 5.91 Å². The number of fused-ring (bicyclic) bond motifs is 1. The molecule has 240 valence electrons. The van der Waals surface area contributed by atoms with Crippen molar-refractivity contribution in [2.24, 2.45) is 28.1 Å². The first-order chi connectivity index (χ1) is 21.5. The van der Waals surface area contributed by atoms with Gasteiger partial charge in [-0.2, -0.15) is 0 Å². The van der Waals surface area contributed by atoms with Crippen LogP contribution in [0.4, 0.5) is 10.5 Å². The van der Waals surface area contributed by atoms with Crippen molar-refractivity contribution in [1.82, 2.24) is 10.2 Å². The van der Waals surface area contributed by atoms with Gasteiger partial charge in [0.15, 0.2) is 5.96 Å². The highest BCUT2D eigenvalue weighted by molar-refractivity contribution is 6.05. The van der Waals surface area contributed by atoms with Gasteiger partial charge in [0.05, 0.1) is 6.04 Å². The summed E-state index contributed by atoms with van der Waals surface area (Å²) in [5.41, 5.74) is 17.9. The Morgan fingerprint density at radius 2 is 1.56 bits per heavy atom. The van der Waals surface area contributed by atoms with Gasteiger partial charge >= 0.3 is 6.09 Å². The Morgan fingerprint density at radius 1 is 0.889 bits per heavy atom. The van der Waals surface area contributed by atoms with E-state index in [1.807, 2.05) is 50.2 Å². The van der Waals surface area contributed by atoms with E-state index in [4.69, 9.17) is 21.9 Å². The molecule has 12 heteroatoms. The minimum atomic E-state index is -1.33. The summed E-state index contributed by atoms with van der Waals surface area (Å²) in [6.45, 7) is 5.24. The molecule has 0 aliphatic rings. The maximum Gasteiger partial charge on any atom is 0.417 e. The molecule has 12 nitrogen and oxygen atoms in total. The van der Waals surface area contributed by atoms with Crippen molar-refractivity contribution in [3.05, 3.63) is 78.4 Å². The summed E-state index contributed by atoms with van der Waals surface area (Å²) in [5, 5.41) is 7.38. The van der Waals surface area contributed by atoms with Gasteiger partial charge in [-0.15, -0.1) is 0 Å². The van der Waals surface area contributed by atoms with E-state index in [0.717, 1.165) is 15.7 Å². The summed E-state index contributed by atoms with van der Waals surface area (Å²) in [7, 11) is 0. The fraction of sp³-hybridized carbons (Fsp3) is 0.364. The molecule has 0 aliphatic carbocycles. The number of imide groups is 1. The Hall–Kier alpha value is -4.97. The maximum absolute atomic E-state index is 14.2. The van der Waals surface area contributed by atoms with Crippen LogP contribution in [0.2, 0.25) is 0 Å². The highest BCUT2D eigenvalue weighted by atomic mass is 16.6. The standard InChI is InChI=1S/C33H43N7O5/c1-21(2)18-27(39-29(41)22(3)34)31(43)40(33(44)45-20-23-10-5-4-6-11-23)28(14-9-17-37-32(35)36)30(42)38-26-16-15-24-12-7-8-13-25(24)19-26/h4-8,10-13,15-16,19,21-22,27-28H,9,14,17-18,20,34H2,1-3H3,(H,38,42)(H,39,41)(H4,35,36,37)/t22-,27-,28-/m0/s1. The van der Waals surface area contributed by atoms with E-state index in [9.17, 15) is 19.2 Å². The van der Waals surface area contributed by atoms with Crippen molar-refractivity contribution in [3.63, 3.8) is 0 Å². The summed E-state index contributed by atoms with van der Waals surface area (Å²) in [4.78, 5) is 59.4. The molecule has 3 rings (SSSR count). The van der Waals surface area contributed by atoms with Crippen LogP contribution in [0.25, 0.3) is 10.8 Å². The van der Waals surface area contributed by atoms with Crippen LogP contribution < -0.4 is 27.8 Å². The molecule has 3 atom stereocenters. The molecule has 0 heterocycles. The number of guanidine groups is 1. The minimum absolute atomic E-state index is 0.0119. The summed E-state index contributed by atoms with van der Waals surface area (Å²) in [5.74, 6) is -2.17. The Labute approximate surface area is 263 Å². The molecule has 3 aromatic rings. The fourth-order valence-corrected chi connectivity index (χ4v) is 4.69. The number of hydrogen-bond donors (Lipinski definition) is 5. The average molecular weight is 618 g/mol. The zero-order chi connectivity index (χ0) is 32.9. The highest BCUT2D eigenvalue weighted by Crippen LogP contribution is 2.22. The third-order valence-electron chi connectivity index (χ3n) is 6.94. The van der Waals surface area contributed by atoms with Crippen molar-refractivity contribution in [2.45, 2.75) is 64.8 Å². The van der Waals surface area contributed by atoms with Crippen molar-refractivity contribution < 1.29 is 23.9 Å². The summed E-state index contributed by atoms with van der Waals surface area (Å²) in [6, 6.07) is 18.6. The quantitative estimate of drug-likeness (QED) is 0.103. The molecule has 0 unspecified atom stereocenters. The van der Waals surface area contributed by atoms with E-state index < -0.39 is 41.9 Å². The van der Waals surface area contributed by atoms with Gasteiger partial charge < -0.3 is 32.6 Å². The van der Waals surface area contributed by atoms with Crippen LogP contribution in [0, 0.1) is 5.92 Å². The predicted octanol–water partition coefficient (Wildman–Crippen LogP) is 3.24. The minimum Gasteiger partial charge on any atom is -0.444 e. The number of carbonyl (C=O) groups is 4. The van der Waals surface area contributed by atoms with Crippen LogP contribution in [0.3, 0.4) is 0 Å². The van der Waals surface area contributed by atoms with E-state index in [2.05, 4.69) is 15.6 Å². The topological polar surface area (TPSA) is 195 Å². The number of nitrogens with zero attached hydrogens (tertiary/aromatic N) is 2. The average Bonchev–Trinajstić information content (AvgIpc) is 3.00. The number of amides is 4. The molecule has 3 aromatic carbocycles. The van der Waals surface area contributed by atoms with Crippen LogP contribution in [0.1, 0.15) is 45.6 Å². The van der Waals surface area contributed by atoms with Gasteiger partial charge in [-0.25, -0.2) is 9.69 Å². The molecule has 0 aliphatic heterocycles. The van der Waals surface area contributed by atoms with E-state index in [0.29, 0.717) is 11.3 Å². The Balaban J connectivity index is 2.01. The SMILES string of the molecule is CC(C)C[C@H](NC(=O)[C@H](C)N)C(=O)N(C(=O)OCc1ccccc1)[C@@H](CCCN=C(N)N)C(=O)Nc1ccc2ccccc2c1. The summed E-state index contributed by atoms with van der Waals surface area (Å²) >= 11 is 0. The van der Waals surface area contributed by atoms with E-state index >= 15 is 0 Å². The Kier molecular flexibility index (Phi) is 12.9. The molecule has 0 bridgehead atoms. The number of rotatable bonds is 14. The molecule has 0 fully saturated rings. The normalized spacial score (nSPS) is 12.9. The van der Waals surface area contributed by atoms with Crippen LogP contribution in [-0.4, -0.2) is 59.3 Å². The monoisotopic (exact) mass is 617 g/mol.